The van der Waals surface area contributed by atoms with E-state index in [2.05, 4.69) is 36.6 Å². The molecule has 0 bridgehead atoms. The molecule has 1 aliphatic heterocycles. The van der Waals surface area contributed by atoms with Gasteiger partial charge in [-0.2, -0.15) is 0 Å². The lowest BCUT2D eigenvalue weighted by Crippen LogP contribution is -2.54. The summed E-state index contributed by atoms with van der Waals surface area (Å²) in [5, 5.41) is 27.5. The summed E-state index contributed by atoms with van der Waals surface area (Å²) >= 11 is 0. The predicted octanol–water partition coefficient (Wildman–Crippen LogP) is 6.87. The van der Waals surface area contributed by atoms with E-state index in [0.29, 0.717) is 18.5 Å². The van der Waals surface area contributed by atoms with E-state index in [4.69, 9.17) is 9.47 Å². The van der Waals surface area contributed by atoms with Crippen LogP contribution in [0.3, 0.4) is 0 Å². The third-order valence-electron chi connectivity index (χ3n) is 13.0. The highest BCUT2D eigenvalue weighted by atomic mass is 16.5. The number of benzene rings is 3. The molecule has 326 valence electrons. The van der Waals surface area contributed by atoms with E-state index in [1.807, 2.05) is 80.6 Å². The Morgan fingerprint density at radius 2 is 1.45 bits per heavy atom. The Morgan fingerprint density at radius 3 is 2.00 bits per heavy atom. The number of carbonyl (C=O) groups excluding carboxylic acids is 3. The topological polar surface area (TPSA) is 158 Å². The van der Waals surface area contributed by atoms with Crippen molar-refractivity contribution in [1.29, 1.82) is 0 Å². The van der Waals surface area contributed by atoms with Crippen LogP contribution in [-0.2, 0) is 23.9 Å². The second-order valence-corrected chi connectivity index (χ2v) is 17.1. The summed E-state index contributed by atoms with van der Waals surface area (Å²) in [5.41, 5.74) is 4.94. The van der Waals surface area contributed by atoms with Gasteiger partial charge in [0.1, 0.15) is 6.04 Å². The molecule has 1 saturated heterocycles. The zero-order valence-electron chi connectivity index (χ0n) is 36.5. The van der Waals surface area contributed by atoms with E-state index in [-0.39, 0.29) is 66.9 Å². The Hall–Kier alpha value is -4.78. The molecule has 0 aromatic heterocycles. The lowest BCUT2D eigenvalue weighted by Gasteiger charge is -2.37. The lowest BCUT2D eigenvalue weighted by molar-refractivity contribution is -0.143. The molecule has 0 saturated carbocycles. The monoisotopic (exact) mass is 826 g/mol. The molecule has 3 aromatic rings. The van der Waals surface area contributed by atoms with Gasteiger partial charge >= 0.3 is 6.09 Å². The number of fused-ring (bicyclic) bond motifs is 3. The predicted molar refractivity (Wildman–Crippen MR) is 232 cm³/mol. The molecule has 0 radical (unpaired) electrons. The van der Waals surface area contributed by atoms with Crippen LogP contribution in [0.5, 0.6) is 0 Å². The number of methoxy groups -OCH3 is 2. The standard InChI is InChI=1S/C48H66N4O8/c1-9-30(4)38(27-49-47(56)43(29(2)3)52(48(57)58)28-39-36-22-15-13-20-34(36)35-21-14-16-23-37(35)39)41(59-7)26-42(53)51-25-17-24-40(51)45(60-8)31(5)46(55)50-32(6)44(54)33-18-11-10-12-19-33/h10-16,18-23,29-32,38-41,43-45,54H,9,17,24-28H2,1-8H3,(H,49,56)(H,50,55)(H,57,58)/t30-,31+,32+,38+,40?,41+,43?,44+,45+/m0/s1. The van der Waals surface area contributed by atoms with Crippen LogP contribution in [-0.4, -0.2) is 108 Å². The molecule has 1 heterocycles. The number of aliphatic hydroxyl groups is 1. The first-order chi connectivity index (χ1) is 28.7. The minimum atomic E-state index is -1.16. The number of nitrogens with zero attached hydrogens (tertiary/aromatic N) is 2. The molecule has 0 spiro atoms. The second kappa shape index (κ2) is 21.1. The average Bonchev–Trinajstić information content (AvgIpc) is 3.86. The number of nitrogens with one attached hydrogen (secondary N) is 2. The first-order valence-electron chi connectivity index (χ1n) is 21.6. The van der Waals surface area contributed by atoms with Crippen LogP contribution in [0.1, 0.15) is 95.9 Å². The summed E-state index contributed by atoms with van der Waals surface area (Å²) in [7, 11) is 3.13. The molecule has 2 unspecified atom stereocenters. The van der Waals surface area contributed by atoms with Crippen molar-refractivity contribution in [3.8, 4) is 11.1 Å². The van der Waals surface area contributed by atoms with Gasteiger partial charge in [-0.05, 0) is 59.4 Å². The molecule has 60 heavy (non-hydrogen) atoms. The Bertz CT molecular complexity index is 1860. The first-order valence-corrected chi connectivity index (χ1v) is 21.6. The van der Waals surface area contributed by atoms with E-state index in [1.165, 1.54) is 4.90 Å². The molecule has 5 rings (SSSR count). The van der Waals surface area contributed by atoms with Crippen LogP contribution in [0.15, 0.2) is 78.9 Å². The maximum absolute atomic E-state index is 14.2. The number of hydrogen-bond acceptors (Lipinski definition) is 7. The van der Waals surface area contributed by atoms with E-state index >= 15 is 0 Å². The van der Waals surface area contributed by atoms with Crippen LogP contribution >= 0.6 is 0 Å². The quantitative estimate of drug-likeness (QED) is 0.0962. The van der Waals surface area contributed by atoms with E-state index < -0.39 is 42.4 Å². The lowest BCUT2D eigenvalue weighted by atomic mass is 9.84. The van der Waals surface area contributed by atoms with E-state index in [9.17, 15) is 29.4 Å². The number of amides is 4. The Balaban J connectivity index is 1.26. The van der Waals surface area contributed by atoms with Crippen molar-refractivity contribution < 1.29 is 38.9 Å². The van der Waals surface area contributed by atoms with E-state index in [1.54, 1.807) is 33.0 Å². The number of ether oxygens (including phenoxy) is 2. The maximum atomic E-state index is 14.2. The molecule has 3 aromatic carbocycles. The molecular weight excluding hydrogens is 761 g/mol. The Kier molecular flexibility index (Phi) is 16.3. The summed E-state index contributed by atoms with van der Waals surface area (Å²) < 4.78 is 12.0. The SMILES string of the molecule is CC[C@H](C)[C@@H](CNC(=O)C(C(C)C)N(CC1c2ccccc2-c2ccccc21)C(=O)O)[C@@H](CC(=O)N1CCCC1[C@H](OC)[C@@H](C)C(=O)N[C@H](C)[C@@H](O)c1ccccc1)OC. The summed E-state index contributed by atoms with van der Waals surface area (Å²) in [5.74, 6) is -2.14. The van der Waals surface area contributed by atoms with Crippen molar-refractivity contribution in [2.24, 2.45) is 23.7 Å². The molecule has 1 fully saturated rings. The van der Waals surface area contributed by atoms with Crippen molar-refractivity contribution >= 4 is 23.8 Å². The molecular formula is C48H66N4O8. The van der Waals surface area contributed by atoms with Gasteiger partial charge in [0.15, 0.2) is 0 Å². The van der Waals surface area contributed by atoms with Gasteiger partial charge in [-0.25, -0.2) is 4.79 Å². The number of aliphatic hydroxyl groups excluding tert-OH is 1. The minimum Gasteiger partial charge on any atom is -0.465 e. The van der Waals surface area contributed by atoms with Gasteiger partial charge in [-0.1, -0.05) is 120 Å². The average molecular weight is 827 g/mol. The van der Waals surface area contributed by atoms with Crippen LogP contribution < -0.4 is 10.6 Å². The smallest absolute Gasteiger partial charge is 0.408 e. The van der Waals surface area contributed by atoms with Crippen molar-refractivity contribution in [3.05, 3.63) is 95.6 Å². The fourth-order valence-electron chi connectivity index (χ4n) is 9.45. The summed E-state index contributed by atoms with van der Waals surface area (Å²) in [6.45, 7) is 12.2. The van der Waals surface area contributed by atoms with E-state index in [0.717, 1.165) is 35.1 Å². The number of carboxylic acid groups (broad SMARTS) is 1. The Labute approximate surface area is 356 Å². The number of rotatable bonds is 20. The largest absolute Gasteiger partial charge is 0.465 e. The highest BCUT2D eigenvalue weighted by Gasteiger charge is 2.42. The van der Waals surface area contributed by atoms with Crippen LogP contribution in [0, 0.1) is 23.7 Å². The zero-order valence-corrected chi connectivity index (χ0v) is 36.5. The number of carbonyl (C=O) groups is 4. The highest BCUT2D eigenvalue weighted by molar-refractivity contribution is 5.86. The van der Waals surface area contributed by atoms with Crippen LogP contribution in [0.25, 0.3) is 11.1 Å². The summed E-state index contributed by atoms with van der Waals surface area (Å²) in [6.07, 6.45) is -0.925. The van der Waals surface area contributed by atoms with Gasteiger partial charge in [-0.3, -0.25) is 19.3 Å². The molecule has 4 N–H and O–H groups in total. The van der Waals surface area contributed by atoms with Gasteiger partial charge in [0.05, 0.1) is 42.7 Å². The van der Waals surface area contributed by atoms with Gasteiger partial charge in [0, 0.05) is 45.7 Å². The summed E-state index contributed by atoms with van der Waals surface area (Å²) in [4.78, 5) is 58.0. The number of likely N-dealkylation sites (tertiary alicyclic amines) is 1. The van der Waals surface area contributed by atoms with Gasteiger partial charge < -0.3 is 35.2 Å². The van der Waals surface area contributed by atoms with Gasteiger partial charge in [0.2, 0.25) is 17.7 Å². The van der Waals surface area contributed by atoms with Crippen LogP contribution in [0.4, 0.5) is 4.79 Å². The Morgan fingerprint density at radius 1 is 0.850 bits per heavy atom. The third-order valence-corrected chi connectivity index (χ3v) is 13.0. The molecule has 2 aliphatic rings. The maximum Gasteiger partial charge on any atom is 0.408 e. The second-order valence-electron chi connectivity index (χ2n) is 17.1. The highest BCUT2D eigenvalue weighted by Crippen LogP contribution is 2.45. The third kappa shape index (κ3) is 10.4. The van der Waals surface area contributed by atoms with Crippen molar-refractivity contribution in [2.75, 3.05) is 33.9 Å². The molecule has 1 aliphatic carbocycles. The fraction of sp³-hybridized carbons (Fsp3) is 0.542. The normalized spacial score (nSPS) is 19.0. The molecule has 9 atom stereocenters. The molecule has 4 amide bonds. The van der Waals surface area contributed by atoms with Crippen molar-refractivity contribution in [3.63, 3.8) is 0 Å². The zero-order chi connectivity index (χ0) is 43.7. The minimum absolute atomic E-state index is 0.0562. The van der Waals surface area contributed by atoms with Crippen molar-refractivity contribution in [2.45, 2.75) is 110 Å². The van der Waals surface area contributed by atoms with Gasteiger partial charge in [0.25, 0.3) is 0 Å². The molecule has 12 nitrogen and oxygen atoms in total. The number of hydrogen-bond donors (Lipinski definition) is 4. The summed E-state index contributed by atoms with van der Waals surface area (Å²) in [6, 6.07) is 23.4. The van der Waals surface area contributed by atoms with Crippen LogP contribution in [0.2, 0.25) is 0 Å². The molecule has 12 heteroatoms. The van der Waals surface area contributed by atoms with Gasteiger partial charge in [-0.15, -0.1) is 0 Å². The fourth-order valence-corrected chi connectivity index (χ4v) is 9.45. The first kappa shape index (κ1) is 46.3. The van der Waals surface area contributed by atoms with Crippen molar-refractivity contribution in [1.82, 2.24) is 20.4 Å².